The number of nitrogens with one attached hydrogen (secondary N) is 2. The Balaban J connectivity index is 0.00000160. The van der Waals surface area contributed by atoms with Crippen molar-refractivity contribution in [1.29, 1.82) is 0 Å². The van der Waals surface area contributed by atoms with Gasteiger partial charge in [-0.3, -0.25) is 4.98 Å². The van der Waals surface area contributed by atoms with E-state index in [-0.39, 0.29) is 24.8 Å². The van der Waals surface area contributed by atoms with Crippen LogP contribution >= 0.6 is 59.6 Å². The van der Waals surface area contributed by atoms with Crippen molar-refractivity contribution in [2.24, 2.45) is 0 Å². The van der Waals surface area contributed by atoms with E-state index in [1.165, 1.54) is 0 Å². The lowest BCUT2D eigenvalue weighted by atomic mass is 9.90. The summed E-state index contributed by atoms with van der Waals surface area (Å²) in [6, 6.07) is 14.6. The number of aromatic nitrogens is 1. The topological polar surface area (TPSA) is 37.0 Å². The fourth-order valence-electron chi connectivity index (χ4n) is 3.83. The third-order valence-corrected chi connectivity index (χ3v) is 6.21. The van der Waals surface area contributed by atoms with Gasteiger partial charge in [-0.1, -0.05) is 40.9 Å². The molecule has 0 saturated heterocycles. The molecule has 0 spiro atoms. The number of hydrogen-bond donors (Lipinski definition) is 2. The van der Waals surface area contributed by atoms with Crippen molar-refractivity contribution >= 4 is 76.2 Å². The molecule has 1 aliphatic rings. The maximum Gasteiger partial charge on any atom is 0.0737 e. The summed E-state index contributed by atoms with van der Waals surface area (Å²) in [5.41, 5.74) is 3.15. The molecule has 0 aliphatic heterocycles. The van der Waals surface area contributed by atoms with Crippen LogP contribution in [0.4, 0.5) is 5.69 Å². The average molecular weight is 508 g/mol. The van der Waals surface area contributed by atoms with Crippen LogP contribution in [0.2, 0.25) is 15.1 Å². The molecule has 1 heterocycles. The molecule has 3 aromatic rings. The summed E-state index contributed by atoms with van der Waals surface area (Å²) >= 11 is 18.3. The molecule has 0 atom stereocenters. The first kappa shape index (κ1) is 25.3. The third kappa shape index (κ3) is 6.29. The first-order chi connectivity index (χ1) is 13.6. The lowest BCUT2D eigenvalue weighted by Gasteiger charge is -2.30. The number of rotatable bonds is 5. The third-order valence-electron chi connectivity index (χ3n) is 5.39. The molecule has 1 saturated carbocycles. The molecule has 0 amide bonds. The van der Waals surface area contributed by atoms with Crippen molar-refractivity contribution in [2.45, 2.75) is 44.3 Å². The minimum absolute atomic E-state index is 0. The molecule has 4 rings (SSSR count). The molecule has 0 bridgehead atoms. The summed E-state index contributed by atoms with van der Waals surface area (Å²) in [6.45, 7) is 0.772. The molecule has 0 unspecified atom stereocenters. The number of pyridine rings is 1. The van der Waals surface area contributed by atoms with Gasteiger partial charge in [0.15, 0.2) is 0 Å². The van der Waals surface area contributed by atoms with E-state index < -0.39 is 0 Å². The number of halogens is 5. The Bertz CT molecular complexity index is 974. The van der Waals surface area contributed by atoms with Crippen molar-refractivity contribution in [1.82, 2.24) is 10.3 Å². The second-order valence-electron chi connectivity index (χ2n) is 7.33. The van der Waals surface area contributed by atoms with Gasteiger partial charge < -0.3 is 10.6 Å². The first-order valence-electron chi connectivity index (χ1n) is 9.56. The standard InChI is InChI=1S/C22H22Cl3N3.2ClH/c23-15-2-1-14(20(25)11-15)13-27-17-4-6-18(7-5-17)28-21-9-10-26-22-12-16(24)3-8-19(21)22;;/h1-3,8-12,17-18,27H,4-7,13H2,(H,26,28);2*1H/t17-,18+;;. The van der Waals surface area contributed by atoms with Gasteiger partial charge in [0, 0.05) is 51.0 Å². The zero-order valence-corrected chi connectivity index (χ0v) is 20.1. The Morgan fingerprint density at radius 3 is 2.23 bits per heavy atom. The summed E-state index contributed by atoms with van der Waals surface area (Å²) in [5.74, 6) is 0. The molecular weight excluding hydrogens is 484 g/mol. The summed E-state index contributed by atoms with van der Waals surface area (Å²) in [7, 11) is 0. The van der Waals surface area contributed by atoms with Gasteiger partial charge in [0.25, 0.3) is 0 Å². The Kier molecular flexibility index (Phi) is 9.80. The van der Waals surface area contributed by atoms with Crippen molar-refractivity contribution < 1.29 is 0 Å². The number of benzene rings is 2. The first-order valence-corrected chi connectivity index (χ1v) is 10.7. The van der Waals surface area contributed by atoms with Gasteiger partial charge in [0.2, 0.25) is 0 Å². The zero-order chi connectivity index (χ0) is 19.5. The smallest absolute Gasteiger partial charge is 0.0737 e. The van der Waals surface area contributed by atoms with Gasteiger partial charge in [-0.05, 0) is 67.6 Å². The van der Waals surface area contributed by atoms with E-state index in [0.717, 1.165) is 59.4 Å². The van der Waals surface area contributed by atoms with Crippen LogP contribution in [-0.2, 0) is 6.54 Å². The van der Waals surface area contributed by atoms with Gasteiger partial charge >= 0.3 is 0 Å². The Hall–Kier alpha value is -0.940. The van der Waals surface area contributed by atoms with Crippen LogP contribution < -0.4 is 10.6 Å². The Morgan fingerprint density at radius 2 is 1.50 bits per heavy atom. The van der Waals surface area contributed by atoms with Gasteiger partial charge in [-0.25, -0.2) is 0 Å². The highest BCUT2D eigenvalue weighted by molar-refractivity contribution is 6.35. The minimum atomic E-state index is 0. The molecular formula is C22H24Cl5N3. The zero-order valence-electron chi connectivity index (χ0n) is 16.2. The summed E-state index contributed by atoms with van der Waals surface area (Å²) < 4.78 is 0. The Labute approximate surface area is 204 Å². The summed E-state index contributed by atoms with van der Waals surface area (Å²) in [5, 5.41) is 10.6. The normalized spacial score (nSPS) is 18.4. The van der Waals surface area contributed by atoms with Crippen LogP contribution in [0, 0.1) is 0 Å². The maximum atomic E-state index is 6.27. The van der Waals surface area contributed by atoms with Gasteiger partial charge in [-0.15, -0.1) is 24.8 Å². The number of fused-ring (bicyclic) bond motifs is 1. The molecule has 8 heteroatoms. The molecule has 1 aliphatic carbocycles. The average Bonchev–Trinajstić information content (AvgIpc) is 2.68. The molecule has 1 aromatic heterocycles. The molecule has 2 aromatic carbocycles. The van der Waals surface area contributed by atoms with Gasteiger partial charge in [0.1, 0.15) is 0 Å². The van der Waals surface area contributed by atoms with Crippen LogP contribution in [0.15, 0.2) is 48.7 Å². The van der Waals surface area contributed by atoms with Crippen LogP contribution in [0.25, 0.3) is 10.9 Å². The van der Waals surface area contributed by atoms with E-state index in [0.29, 0.717) is 22.1 Å². The summed E-state index contributed by atoms with van der Waals surface area (Å²) in [6.07, 6.45) is 6.37. The number of hydrogen-bond acceptors (Lipinski definition) is 3. The molecule has 162 valence electrons. The molecule has 3 nitrogen and oxygen atoms in total. The lowest BCUT2D eigenvalue weighted by Crippen LogP contribution is -2.36. The van der Waals surface area contributed by atoms with E-state index >= 15 is 0 Å². The SMILES string of the molecule is Cl.Cl.Clc1ccc(CN[C@H]2CC[C@@H](Nc3ccnc4cc(Cl)ccc34)CC2)c(Cl)c1. The lowest BCUT2D eigenvalue weighted by molar-refractivity contribution is 0.353. The van der Waals surface area contributed by atoms with Crippen molar-refractivity contribution in [3.63, 3.8) is 0 Å². The van der Waals surface area contributed by atoms with Crippen molar-refractivity contribution in [3.05, 3.63) is 69.3 Å². The van der Waals surface area contributed by atoms with E-state index in [1.807, 2.05) is 42.6 Å². The van der Waals surface area contributed by atoms with Crippen LogP contribution in [0.3, 0.4) is 0 Å². The monoisotopic (exact) mass is 505 g/mol. The Morgan fingerprint density at radius 1 is 0.833 bits per heavy atom. The fraction of sp³-hybridized carbons (Fsp3) is 0.318. The second kappa shape index (κ2) is 11.6. The molecule has 2 N–H and O–H groups in total. The minimum Gasteiger partial charge on any atom is -0.382 e. The highest BCUT2D eigenvalue weighted by atomic mass is 35.5. The fourth-order valence-corrected chi connectivity index (χ4v) is 4.47. The second-order valence-corrected chi connectivity index (χ2v) is 8.61. The van der Waals surface area contributed by atoms with E-state index in [1.54, 1.807) is 6.07 Å². The van der Waals surface area contributed by atoms with Crippen molar-refractivity contribution in [3.8, 4) is 0 Å². The highest BCUT2D eigenvalue weighted by Gasteiger charge is 2.21. The van der Waals surface area contributed by atoms with E-state index in [4.69, 9.17) is 34.8 Å². The molecule has 30 heavy (non-hydrogen) atoms. The molecule has 0 radical (unpaired) electrons. The predicted octanol–water partition coefficient (Wildman–Crippen LogP) is 7.55. The van der Waals surface area contributed by atoms with Gasteiger partial charge in [-0.2, -0.15) is 0 Å². The largest absolute Gasteiger partial charge is 0.382 e. The van der Waals surface area contributed by atoms with E-state index in [2.05, 4.69) is 15.6 Å². The summed E-state index contributed by atoms with van der Waals surface area (Å²) in [4.78, 5) is 4.42. The van der Waals surface area contributed by atoms with Crippen LogP contribution in [0.5, 0.6) is 0 Å². The predicted molar refractivity (Wildman–Crippen MR) is 134 cm³/mol. The molecule has 1 fully saturated rings. The highest BCUT2D eigenvalue weighted by Crippen LogP contribution is 2.28. The van der Waals surface area contributed by atoms with Crippen LogP contribution in [-0.4, -0.2) is 17.1 Å². The van der Waals surface area contributed by atoms with E-state index in [9.17, 15) is 0 Å². The number of anilines is 1. The number of nitrogens with zero attached hydrogens (tertiary/aromatic N) is 1. The van der Waals surface area contributed by atoms with Gasteiger partial charge in [0.05, 0.1) is 5.52 Å². The van der Waals surface area contributed by atoms with Crippen LogP contribution in [0.1, 0.15) is 31.2 Å². The quantitative estimate of drug-likeness (QED) is 0.374. The maximum absolute atomic E-state index is 6.27. The van der Waals surface area contributed by atoms with Crippen molar-refractivity contribution in [2.75, 3.05) is 5.32 Å².